The van der Waals surface area contributed by atoms with E-state index >= 15 is 0 Å². The van der Waals surface area contributed by atoms with Gasteiger partial charge in [0.05, 0.1) is 0 Å². The number of amides is 3. The summed E-state index contributed by atoms with van der Waals surface area (Å²) in [6.07, 6.45) is -1.10. The highest BCUT2D eigenvalue weighted by molar-refractivity contribution is 5.97. The number of imide groups is 1. The molecule has 0 unspecified atom stereocenters. The number of aryl methyl sites for hydroxylation is 2. The highest BCUT2D eigenvalue weighted by Crippen LogP contribution is 2.18. The molecule has 7 nitrogen and oxygen atoms in total. The third-order valence-corrected chi connectivity index (χ3v) is 3.01. The van der Waals surface area contributed by atoms with Crippen molar-refractivity contribution in [3.63, 3.8) is 0 Å². The molecule has 1 atom stereocenters. The predicted octanol–water partition coefficient (Wildman–Crippen LogP) is 1.85. The van der Waals surface area contributed by atoms with Gasteiger partial charge in [-0.1, -0.05) is 17.7 Å². The van der Waals surface area contributed by atoms with E-state index in [2.05, 4.69) is 10.6 Å². The first-order valence-corrected chi connectivity index (χ1v) is 7.70. The maximum Gasteiger partial charge on any atom is 0.344 e. The second kappa shape index (κ2) is 8.90. The van der Waals surface area contributed by atoms with E-state index in [9.17, 15) is 14.4 Å². The summed E-state index contributed by atoms with van der Waals surface area (Å²) in [5, 5.41) is 4.60. The van der Waals surface area contributed by atoms with Gasteiger partial charge >= 0.3 is 12.0 Å². The minimum absolute atomic E-state index is 0.109. The number of esters is 1. The van der Waals surface area contributed by atoms with E-state index in [0.29, 0.717) is 5.75 Å². The molecule has 0 aliphatic heterocycles. The Morgan fingerprint density at radius 1 is 1.12 bits per heavy atom. The normalized spacial score (nSPS) is 11.6. The molecule has 0 fully saturated rings. The van der Waals surface area contributed by atoms with E-state index in [1.54, 1.807) is 19.9 Å². The number of rotatable bonds is 6. The van der Waals surface area contributed by atoms with Crippen molar-refractivity contribution in [1.82, 2.24) is 10.6 Å². The minimum Gasteiger partial charge on any atom is -0.482 e. The second-order valence-electron chi connectivity index (χ2n) is 5.81. The van der Waals surface area contributed by atoms with Gasteiger partial charge < -0.3 is 14.8 Å². The van der Waals surface area contributed by atoms with Crippen LogP contribution in [0.1, 0.15) is 31.9 Å². The monoisotopic (exact) mass is 336 g/mol. The van der Waals surface area contributed by atoms with Crippen LogP contribution < -0.4 is 15.4 Å². The number of benzene rings is 1. The molecule has 1 rings (SSSR count). The van der Waals surface area contributed by atoms with Gasteiger partial charge in [-0.25, -0.2) is 9.59 Å². The zero-order valence-electron chi connectivity index (χ0n) is 14.6. The highest BCUT2D eigenvalue weighted by atomic mass is 16.6. The summed E-state index contributed by atoms with van der Waals surface area (Å²) < 4.78 is 10.3. The summed E-state index contributed by atoms with van der Waals surface area (Å²) in [6, 6.07) is 4.83. The molecule has 0 spiro atoms. The molecule has 24 heavy (non-hydrogen) atoms. The molecule has 132 valence electrons. The predicted molar refractivity (Wildman–Crippen MR) is 88.8 cm³/mol. The van der Waals surface area contributed by atoms with Crippen LogP contribution >= 0.6 is 0 Å². The van der Waals surface area contributed by atoms with Crippen molar-refractivity contribution in [3.05, 3.63) is 29.3 Å². The highest BCUT2D eigenvalue weighted by Gasteiger charge is 2.20. The molecule has 0 aromatic heterocycles. The maximum atomic E-state index is 11.7. The maximum absolute atomic E-state index is 11.7. The summed E-state index contributed by atoms with van der Waals surface area (Å²) in [7, 11) is 0. The van der Waals surface area contributed by atoms with Crippen LogP contribution in [0.2, 0.25) is 0 Å². The summed E-state index contributed by atoms with van der Waals surface area (Å²) in [5.74, 6) is -0.819. The number of carbonyl (C=O) groups excluding carboxylic acids is 3. The summed E-state index contributed by atoms with van der Waals surface area (Å²) in [4.78, 5) is 34.9. The van der Waals surface area contributed by atoms with Crippen LogP contribution in [0.3, 0.4) is 0 Å². The Labute approximate surface area is 141 Å². The van der Waals surface area contributed by atoms with E-state index < -0.39 is 24.0 Å². The number of carbonyl (C=O) groups is 3. The first-order valence-electron chi connectivity index (χ1n) is 7.70. The SMILES string of the molecule is Cc1ccc(OCC(=O)O[C@@H](C)C(=O)NC(=O)NC(C)C)c(C)c1. The number of nitrogens with one attached hydrogen (secondary N) is 2. The quantitative estimate of drug-likeness (QED) is 0.773. The minimum atomic E-state index is -1.10. The van der Waals surface area contributed by atoms with Crippen molar-refractivity contribution in [2.75, 3.05) is 6.61 Å². The second-order valence-corrected chi connectivity index (χ2v) is 5.81. The zero-order chi connectivity index (χ0) is 18.3. The Balaban J connectivity index is 2.43. The van der Waals surface area contributed by atoms with Gasteiger partial charge in [-0.05, 0) is 46.2 Å². The Morgan fingerprint density at radius 2 is 1.79 bits per heavy atom. The molecular weight excluding hydrogens is 312 g/mol. The Kier molecular flexibility index (Phi) is 7.23. The molecule has 0 bridgehead atoms. The first-order chi connectivity index (χ1) is 11.2. The van der Waals surface area contributed by atoms with Gasteiger partial charge in [-0.3, -0.25) is 10.1 Å². The lowest BCUT2D eigenvalue weighted by molar-refractivity contribution is -0.156. The fraction of sp³-hybridized carbons (Fsp3) is 0.471. The lowest BCUT2D eigenvalue weighted by atomic mass is 10.1. The van der Waals surface area contributed by atoms with E-state index in [1.807, 2.05) is 26.0 Å². The smallest absolute Gasteiger partial charge is 0.344 e. The van der Waals surface area contributed by atoms with Crippen LogP contribution in [0.4, 0.5) is 4.79 Å². The van der Waals surface area contributed by atoms with Gasteiger partial charge in [0, 0.05) is 6.04 Å². The summed E-state index contributed by atoms with van der Waals surface area (Å²) >= 11 is 0. The van der Waals surface area contributed by atoms with Crippen LogP contribution in [0, 0.1) is 13.8 Å². The summed E-state index contributed by atoms with van der Waals surface area (Å²) in [5.41, 5.74) is 1.99. The molecule has 0 saturated carbocycles. The Morgan fingerprint density at radius 3 is 2.38 bits per heavy atom. The average molecular weight is 336 g/mol. The molecule has 0 saturated heterocycles. The van der Waals surface area contributed by atoms with Gasteiger partial charge in [-0.15, -0.1) is 0 Å². The van der Waals surface area contributed by atoms with Crippen molar-refractivity contribution in [1.29, 1.82) is 0 Å². The van der Waals surface area contributed by atoms with Crippen LogP contribution in [0.15, 0.2) is 18.2 Å². The molecular formula is C17H24N2O5. The van der Waals surface area contributed by atoms with Crippen LogP contribution in [-0.2, 0) is 14.3 Å². The van der Waals surface area contributed by atoms with Gasteiger partial charge in [0.25, 0.3) is 5.91 Å². The average Bonchev–Trinajstić information content (AvgIpc) is 2.45. The van der Waals surface area contributed by atoms with Crippen LogP contribution in [-0.4, -0.2) is 36.7 Å². The number of hydrogen-bond acceptors (Lipinski definition) is 5. The molecule has 7 heteroatoms. The lowest BCUT2D eigenvalue weighted by Gasteiger charge is -2.15. The first kappa shape index (κ1) is 19.5. The third-order valence-electron chi connectivity index (χ3n) is 3.01. The van der Waals surface area contributed by atoms with Gasteiger partial charge in [0.1, 0.15) is 5.75 Å². The van der Waals surface area contributed by atoms with Crippen molar-refractivity contribution in [2.45, 2.75) is 46.8 Å². The van der Waals surface area contributed by atoms with Gasteiger partial charge in [0.2, 0.25) is 0 Å². The van der Waals surface area contributed by atoms with E-state index in [4.69, 9.17) is 9.47 Å². The zero-order valence-corrected chi connectivity index (χ0v) is 14.6. The fourth-order valence-corrected chi connectivity index (χ4v) is 1.89. The topological polar surface area (TPSA) is 93.7 Å². The number of hydrogen-bond donors (Lipinski definition) is 2. The van der Waals surface area contributed by atoms with E-state index in [-0.39, 0.29) is 12.6 Å². The van der Waals surface area contributed by atoms with Gasteiger partial charge in [0.15, 0.2) is 12.7 Å². The van der Waals surface area contributed by atoms with Crippen LogP contribution in [0.5, 0.6) is 5.75 Å². The van der Waals surface area contributed by atoms with Gasteiger partial charge in [-0.2, -0.15) is 0 Å². The van der Waals surface area contributed by atoms with Crippen molar-refractivity contribution in [3.8, 4) is 5.75 Å². The molecule has 0 aliphatic carbocycles. The number of ether oxygens (including phenoxy) is 2. The molecule has 3 amide bonds. The molecule has 2 N–H and O–H groups in total. The van der Waals surface area contributed by atoms with Crippen LogP contribution in [0.25, 0.3) is 0 Å². The molecule has 0 heterocycles. The van der Waals surface area contributed by atoms with E-state index in [0.717, 1.165) is 11.1 Å². The Hall–Kier alpha value is -2.57. The fourth-order valence-electron chi connectivity index (χ4n) is 1.89. The molecule has 1 aromatic carbocycles. The standard InChI is InChI=1S/C17H24N2O5/c1-10(2)18-17(22)19-16(21)13(5)24-15(20)9-23-14-7-6-11(3)8-12(14)4/h6-8,10,13H,9H2,1-5H3,(H2,18,19,21,22)/t13-/m0/s1. The lowest BCUT2D eigenvalue weighted by Crippen LogP contribution is -2.46. The number of urea groups is 1. The van der Waals surface area contributed by atoms with Crippen molar-refractivity contribution < 1.29 is 23.9 Å². The van der Waals surface area contributed by atoms with E-state index in [1.165, 1.54) is 6.92 Å². The van der Waals surface area contributed by atoms with Crippen molar-refractivity contribution >= 4 is 17.9 Å². The molecule has 1 aromatic rings. The molecule has 0 radical (unpaired) electrons. The summed E-state index contributed by atoms with van der Waals surface area (Å²) in [6.45, 7) is 8.42. The third kappa shape index (κ3) is 6.68. The largest absolute Gasteiger partial charge is 0.482 e. The van der Waals surface area contributed by atoms with Crippen molar-refractivity contribution in [2.24, 2.45) is 0 Å². The molecule has 0 aliphatic rings. The Bertz CT molecular complexity index is 613.